The van der Waals surface area contributed by atoms with Crippen molar-refractivity contribution >= 4 is 29.1 Å². The number of halogens is 1. The third-order valence-corrected chi connectivity index (χ3v) is 5.27. The van der Waals surface area contributed by atoms with E-state index in [9.17, 15) is 14.7 Å². The van der Waals surface area contributed by atoms with Gasteiger partial charge >= 0.3 is 0 Å². The number of carbonyl (C=O) groups excluding carboxylic acids is 2. The Morgan fingerprint density at radius 2 is 1.87 bits per heavy atom. The number of nitrogens with zero attached hydrogens (tertiary/aromatic N) is 1. The number of benzene rings is 2. The SMILES string of the molecule is CCCCN1C(=O)C(=O)/C(=C(\O)c2cccc(Cl)c2)C1c1cccc(OCCC)c1. The molecule has 3 rings (SSSR count). The van der Waals surface area contributed by atoms with Gasteiger partial charge in [0.2, 0.25) is 0 Å². The van der Waals surface area contributed by atoms with E-state index in [2.05, 4.69) is 0 Å². The summed E-state index contributed by atoms with van der Waals surface area (Å²) in [7, 11) is 0. The van der Waals surface area contributed by atoms with E-state index < -0.39 is 17.7 Å². The van der Waals surface area contributed by atoms with Crippen LogP contribution in [0.2, 0.25) is 5.02 Å². The molecule has 6 heteroatoms. The molecular formula is C24H26ClNO4. The van der Waals surface area contributed by atoms with E-state index >= 15 is 0 Å². The molecule has 1 unspecified atom stereocenters. The summed E-state index contributed by atoms with van der Waals surface area (Å²) in [5.74, 6) is -0.844. The number of aliphatic hydroxyl groups is 1. The largest absolute Gasteiger partial charge is 0.507 e. The van der Waals surface area contributed by atoms with Crippen molar-refractivity contribution in [3.05, 3.63) is 70.3 Å². The Kier molecular flexibility index (Phi) is 7.16. The summed E-state index contributed by atoms with van der Waals surface area (Å²) >= 11 is 6.07. The normalized spacial score (nSPS) is 18.1. The van der Waals surface area contributed by atoms with Crippen molar-refractivity contribution in [3.8, 4) is 5.75 Å². The predicted octanol–water partition coefficient (Wildman–Crippen LogP) is 5.35. The van der Waals surface area contributed by atoms with Crippen molar-refractivity contribution < 1.29 is 19.4 Å². The average Bonchev–Trinajstić information content (AvgIpc) is 3.00. The zero-order valence-corrected chi connectivity index (χ0v) is 18.0. The van der Waals surface area contributed by atoms with Gasteiger partial charge in [-0.3, -0.25) is 9.59 Å². The van der Waals surface area contributed by atoms with Crippen LogP contribution >= 0.6 is 11.6 Å². The molecule has 0 radical (unpaired) electrons. The fraction of sp³-hybridized carbons (Fsp3) is 0.333. The second-order valence-electron chi connectivity index (χ2n) is 7.28. The van der Waals surface area contributed by atoms with Crippen LogP contribution in [0.15, 0.2) is 54.1 Å². The number of unbranched alkanes of at least 4 members (excludes halogenated alkanes) is 1. The molecule has 1 saturated heterocycles. The highest BCUT2D eigenvalue weighted by atomic mass is 35.5. The number of carbonyl (C=O) groups is 2. The van der Waals surface area contributed by atoms with Crippen LogP contribution in [0.5, 0.6) is 5.75 Å². The van der Waals surface area contributed by atoms with Crippen molar-refractivity contribution in [2.45, 2.75) is 39.2 Å². The Morgan fingerprint density at radius 1 is 1.10 bits per heavy atom. The number of hydrogen-bond donors (Lipinski definition) is 1. The van der Waals surface area contributed by atoms with Gasteiger partial charge in [-0.1, -0.05) is 56.1 Å². The van der Waals surface area contributed by atoms with Gasteiger partial charge in [0.05, 0.1) is 18.2 Å². The molecule has 0 spiro atoms. The predicted molar refractivity (Wildman–Crippen MR) is 118 cm³/mol. The Morgan fingerprint density at radius 3 is 2.57 bits per heavy atom. The van der Waals surface area contributed by atoms with Crippen LogP contribution in [-0.2, 0) is 9.59 Å². The lowest BCUT2D eigenvalue weighted by atomic mass is 9.95. The second-order valence-corrected chi connectivity index (χ2v) is 7.71. The summed E-state index contributed by atoms with van der Waals surface area (Å²) in [5.41, 5.74) is 1.20. The Labute approximate surface area is 181 Å². The van der Waals surface area contributed by atoms with Crippen molar-refractivity contribution in [3.63, 3.8) is 0 Å². The molecule has 1 aliphatic heterocycles. The van der Waals surface area contributed by atoms with E-state index in [1.807, 2.05) is 38.1 Å². The number of ether oxygens (including phenoxy) is 1. The summed E-state index contributed by atoms with van der Waals surface area (Å²) in [5, 5.41) is 11.4. The minimum absolute atomic E-state index is 0.0750. The fourth-order valence-electron chi connectivity index (χ4n) is 3.57. The molecule has 0 aliphatic carbocycles. The monoisotopic (exact) mass is 427 g/mol. The number of Topliss-reactive ketones (excluding diaryl/α,β-unsaturated/α-hetero) is 1. The van der Waals surface area contributed by atoms with Gasteiger partial charge in [-0.2, -0.15) is 0 Å². The quantitative estimate of drug-likeness (QED) is 0.350. The highest BCUT2D eigenvalue weighted by Gasteiger charge is 2.45. The first-order valence-corrected chi connectivity index (χ1v) is 10.6. The molecule has 1 fully saturated rings. The average molecular weight is 428 g/mol. The van der Waals surface area contributed by atoms with Gasteiger partial charge in [-0.05, 0) is 42.7 Å². The van der Waals surface area contributed by atoms with Crippen molar-refractivity contribution in [2.24, 2.45) is 0 Å². The maximum Gasteiger partial charge on any atom is 0.295 e. The summed E-state index contributed by atoms with van der Waals surface area (Å²) in [6.07, 6.45) is 2.50. The number of aliphatic hydroxyl groups excluding tert-OH is 1. The van der Waals surface area contributed by atoms with Gasteiger partial charge in [-0.15, -0.1) is 0 Å². The van der Waals surface area contributed by atoms with Gasteiger partial charge in [0.15, 0.2) is 0 Å². The molecule has 0 aromatic heterocycles. The molecule has 0 saturated carbocycles. The van der Waals surface area contributed by atoms with Gasteiger partial charge in [0.1, 0.15) is 11.5 Å². The summed E-state index contributed by atoms with van der Waals surface area (Å²) in [6, 6.07) is 13.3. The van der Waals surface area contributed by atoms with Crippen LogP contribution in [-0.4, -0.2) is 34.8 Å². The fourth-order valence-corrected chi connectivity index (χ4v) is 3.76. The van der Waals surface area contributed by atoms with E-state index in [0.717, 1.165) is 24.8 Å². The van der Waals surface area contributed by atoms with Gasteiger partial charge in [0.25, 0.3) is 11.7 Å². The van der Waals surface area contributed by atoms with Gasteiger partial charge in [-0.25, -0.2) is 0 Å². The Bertz CT molecular complexity index is 969. The molecular weight excluding hydrogens is 402 g/mol. The Hall–Kier alpha value is -2.79. The standard InChI is InChI=1S/C24H26ClNO4/c1-3-5-12-26-21(16-8-7-11-19(15-16)30-13-4-2)20(23(28)24(26)29)22(27)17-9-6-10-18(25)14-17/h6-11,14-15,21,27H,3-5,12-13H2,1-2H3/b22-20-. The summed E-state index contributed by atoms with van der Waals surface area (Å²) < 4.78 is 5.74. The molecule has 2 aromatic carbocycles. The molecule has 1 heterocycles. The van der Waals surface area contributed by atoms with Crippen LogP contribution in [0.3, 0.4) is 0 Å². The smallest absolute Gasteiger partial charge is 0.295 e. The number of hydrogen-bond acceptors (Lipinski definition) is 4. The molecule has 30 heavy (non-hydrogen) atoms. The lowest BCUT2D eigenvalue weighted by Gasteiger charge is -2.25. The number of amides is 1. The maximum absolute atomic E-state index is 12.9. The van der Waals surface area contributed by atoms with Crippen molar-refractivity contribution in [1.29, 1.82) is 0 Å². The Balaban J connectivity index is 2.13. The first-order valence-electron chi connectivity index (χ1n) is 10.2. The highest BCUT2D eigenvalue weighted by molar-refractivity contribution is 6.46. The summed E-state index contributed by atoms with van der Waals surface area (Å²) in [4.78, 5) is 27.3. The van der Waals surface area contributed by atoms with E-state index in [0.29, 0.717) is 29.5 Å². The molecule has 0 bridgehead atoms. The van der Waals surface area contributed by atoms with Crippen LogP contribution in [0, 0.1) is 0 Å². The van der Waals surface area contributed by atoms with Crippen molar-refractivity contribution in [2.75, 3.05) is 13.2 Å². The first kappa shape index (κ1) is 21.9. The zero-order valence-electron chi connectivity index (χ0n) is 17.2. The maximum atomic E-state index is 12.9. The van der Waals surface area contributed by atoms with E-state index in [4.69, 9.17) is 16.3 Å². The molecule has 1 N–H and O–H groups in total. The van der Waals surface area contributed by atoms with Crippen LogP contribution < -0.4 is 4.74 Å². The number of likely N-dealkylation sites (tertiary alicyclic amines) is 1. The van der Waals surface area contributed by atoms with Gasteiger partial charge < -0.3 is 14.7 Å². The molecule has 1 atom stereocenters. The molecule has 158 valence electrons. The van der Waals surface area contributed by atoms with E-state index in [1.54, 1.807) is 29.2 Å². The van der Waals surface area contributed by atoms with E-state index in [1.165, 1.54) is 0 Å². The minimum Gasteiger partial charge on any atom is -0.507 e. The van der Waals surface area contributed by atoms with Crippen molar-refractivity contribution in [1.82, 2.24) is 4.90 Å². The third kappa shape index (κ3) is 4.51. The van der Waals surface area contributed by atoms with Crippen LogP contribution in [0.25, 0.3) is 5.76 Å². The van der Waals surface area contributed by atoms with Crippen LogP contribution in [0.4, 0.5) is 0 Å². The van der Waals surface area contributed by atoms with Crippen LogP contribution in [0.1, 0.15) is 50.3 Å². The minimum atomic E-state index is -0.687. The molecule has 2 aromatic rings. The topological polar surface area (TPSA) is 66.8 Å². The van der Waals surface area contributed by atoms with Gasteiger partial charge in [0, 0.05) is 17.1 Å². The molecule has 1 amide bonds. The number of ketones is 1. The lowest BCUT2D eigenvalue weighted by molar-refractivity contribution is -0.139. The van der Waals surface area contributed by atoms with E-state index in [-0.39, 0.29) is 11.3 Å². The zero-order chi connectivity index (χ0) is 21.7. The first-order chi connectivity index (χ1) is 14.5. The molecule has 1 aliphatic rings. The highest BCUT2D eigenvalue weighted by Crippen LogP contribution is 2.40. The second kappa shape index (κ2) is 9.81. The third-order valence-electron chi connectivity index (χ3n) is 5.04. The number of rotatable bonds is 8. The molecule has 5 nitrogen and oxygen atoms in total. The summed E-state index contributed by atoms with van der Waals surface area (Å²) in [6.45, 7) is 5.05. The lowest BCUT2D eigenvalue weighted by Crippen LogP contribution is -2.30.